The Morgan fingerprint density at radius 3 is 2.88 bits per heavy atom. The number of ether oxygens (including phenoxy) is 2. The van der Waals surface area contributed by atoms with E-state index >= 15 is 0 Å². The summed E-state index contributed by atoms with van der Waals surface area (Å²) in [6, 6.07) is 6.12. The fraction of sp³-hybridized carbons (Fsp3) is 0.571. The standard InChI is InChI=1S/C21H28N2O3/c1-21(2)15-16-9-8-12-18(19(16)26-21)25-14-7-6-13-22-20(24)23-17-10-4-3-5-11-17/h8-9,12,17H,3-5,10-11,13-15H2,1-2H3,(H2,22,23,24). The molecule has 0 saturated heterocycles. The lowest BCUT2D eigenvalue weighted by atomic mass is 9.96. The zero-order valence-electron chi connectivity index (χ0n) is 15.7. The molecule has 1 aliphatic heterocycles. The van der Waals surface area contributed by atoms with Gasteiger partial charge in [-0.15, -0.1) is 0 Å². The van der Waals surface area contributed by atoms with E-state index in [1.54, 1.807) is 0 Å². The van der Waals surface area contributed by atoms with Crippen molar-refractivity contribution >= 4 is 6.03 Å². The second kappa shape index (κ2) is 8.35. The summed E-state index contributed by atoms with van der Waals surface area (Å²) in [6.07, 6.45) is 6.71. The lowest BCUT2D eigenvalue weighted by molar-refractivity contribution is 0.133. The van der Waals surface area contributed by atoms with Gasteiger partial charge in [-0.1, -0.05) is 43.2 Å². The molecule has 0 aromatic heterocycles. The fourth-order valence-electron chi connectivity index (χ4n) is 3.54. The maximum absolute atomic E-state index is 11.8. The van der Waals surface area contributed by atoms with E-state index in [0.29, 0.717) is 12.6 Å². The summed E-state index contributed by atoms with van der Waals surface area (Å²) < 4.78 is 11.7. The lowest BCUT2D eigenvalue weighted by Gasteiger charge is -2.22. The van der Waals surface area contributed by atoms with Crippen LogP contribution in [0.5, 0.6) is 11.5 Å². The zero-order chi connectivity index (χ0) is 18.4. The summed E-state index contributed by atoms with van der Waals surface area (Å²) in [5.74, 6) is 7.41. The molecule has 140 valence electrons. The first kappa shape index (κ1) is 18.4. The molecule has 1 fully saturated rings. The molecule has 2 N–H and O–H groups in total. The molecule has 0 radical (unpaired) electrons. The largest absolute Gasteiger partial charge is 0.483 e. The summed E-state index contributed by atoms with van der Waals surface area (Å²) in [4.78, 5) is 11.8. The number of fused-ring (bicyclic) bond motifs is 1. The average molecular weight is 356 g/mol. The van der Waals surface area contributed by atoms with Gasteiger partial charge < -0.3 is 20.1 Å². The van der Waals surface area contributed by atoms with Crippen molar-refractivity contribution in [2.45, 2.75) is 64.0 Å². The van der Waals surface area contributed by atoms with Gasteiger partial charge in [0.1, 0.15) is 12.2 Å². The topological polar surface area (TPSA) is 59.6 Å². The van der Waals surface area contributed by atoms with E-state index in [1.165, 1.54) is 24.8 Å². The van der Waals surface area contributed by atoms with Crippen molar-refractivity contribution < 1.29 is 14.3 Å². The Hall–Kier alpha value is -2.35. The molecule has 0 bridgehead atoms. The summed E-state index contributed by atoms with van der Waals surface area (Å²) in [5.41, 5.74) is 0.977. The number of carbonyl (C=O) groups excluding carboxylic acids is 1. The van der Waals surface area contributed by atoms with Crippen LogP contribution in [0.15, 0.2) is 18.2 Å². The number of carbonyl (C=O) groups is 1. The Labute approximate surface area is 155 Å². The van der Waals surface area contributed by atoms with E-state index in [0.717, 1.165) is 30.8 Å². The van der Waals surface area contributed by atoms with Crippen LogP contribution in [0, 0.1) is 11.8 Å². The van der Waals surface area contributed by atoms with Gasteiger partial charge in [-0.05, 0) is 32.8 Å². The first-order chi connectivity index (χ1) is 12.5. The Bertz CT molecular complexity index is 697. The molecule has 26 heavy (non-hydrogen) atoms. The molecule has 3 rings (SSSR count). The van der Waals surface area contributed by atoms with Crippen molar-refractivity contribution in [1.82, 2.24) is 10.6 Å². The van der Waals surface area contributed by atoms with Crippen molar-refractivity contribution in [3.63, 3.8) is 0 Å². The van der Waals surface area contributed by atoms with Crippen LogP contribution in [0.1, 0.15) is 51.5 Å². The monoisotopic (exact) mass is 356 g/mol. The lowest BCUT2D eigenvalue weighted by Crippen LogP contribution is -2.42. The molecule has 5 heteroatoms. The molecule has 1 aromatic carbocycles. The average Bonchev–Trinajstić information content (AvgIpc) is 2.93. The van der Waals surface area contributed by atoms with E-state index in [-0.39, 0.29) is 18.2 Å². The maximum atomic E-state index is 11.8. The Balaban J connectivity index is 1.39. The van der Waals surface area contributed by atoms with Crippen molar-refractivity contribution in [1.29, 1.82) is 0 Å². The van der Waals surface area contributed by atoms with E-state index in [4.69, 9.17) is 9.47 Å². The zero-order valence-corrected chi connectivity index (χ0v) is 15.7. The molecule has 0 atom stereocenters. The molecule has 5 nitrogen and oxygen atoms in total. The van der Waals surface area contributed by atoms with Gasteiger partial charge in [0, 0.05) is 18.0 Å². The number of amides is 2. The van der Waals surface area contributed by atoms with Crippen molar-refractivity contribution in [2.24, 2.45) is 0 Å². The van der Waals surface area contributed by atoms with E-state index < -0.39 is 0 Å². The number of benzene rings is 1. The highest BCUT2D eigenvalue weighted by Gasteiger charge is 2.32. The van der Waals surface area contributed by atoms with Gasteiger partial charge in [0.15, 0.2) is 11.5 Å². The molecule has 1 aliphatic carbocycles. The molecule has 0 spiro atoms. The Morgan fingerprint density at radius 1 is 1.27 bits per heavy atom. The van der Waals surface area contributed by atoms with Crippen molar-refractivity contribution in [2.75, 3.05) is 13.2 Å². The van der Waals surface area contributed by atoms with Crippen LogP contribution in [0.3, 0.4) is 0 Å². The third-order valence-corrected chi connectivity index (χ3v) is 4.76. The number of nitrogens with one attached hydrogen (secondary N) is 2. The van der Waals surface area contributed by atoms with Crippen LogP contribution in [-0.4, -0.2) is 30.8 Å². The maximum Gasteiger partial charge on any atom is 0.315 e. The van der Waals surface area contributed by atoms with Gasteiger partial charge in [0.2, 0.25) is 0 Å². The number of rotatable bonds is 4. The van der Waals surface area contributed by atoms with Gasteiger partial charge >= 0.3 is 6.03 Å². The van der Waals surface area contributed by atoms with E-state index in [2.05, 4.69) is 42.4 Å². The molecular formula is C21H28N2O3. The molecule has 1 aromatic rings. The molecule has 2 aliphatic rings. The van der Waals surface area contributed by atoms with Crippen LogP contribution in [0.4, 0.5) is 4.79 Å². The second-order valence-corrected chi connectivity index (χ2v) is 7.59. The number of hydrogen-bond acceptors (Lipinski definition) is 3. The van der Waals surface area contributed by atoms with E-state index in [9.17, 15) is 4.79 Å². The predicted molar refractivity (Wildman–Crippen MR) is 102 cm³/mol. The normalized spacial score (nSPS) is 18.1. The van der Waals surface area contributed by atoms with Crippen LogP contribution in [0.25, 0.3) is 0 Å². The van der Waals surface area contributed by atoms with Gasteiger partial charge in [-0.25, -0.2) is 4.79 Å². The quantitative estimate of drug-likeness (QED) is 0.813. The van der Waals surface area contributed by atoms with Gasteiger partial charge in [-0.2, -0.15) is 0 Å². The Kier molecular flexibility index (Phi) is 5.92. The highest BCUT2D eigenvalue weighted by Crippen LogP contribution is 2.41. The molecule has 0 unspecified atom stereocenters. The number of urea groups is 1. The molecule has 1 saturated carbocycles. The minimum absolute atomic E-state index is 0.136. The van der Waals surface area contributed by atoms with Crippen LogP contribution >= 0.6 is 0 Å². The van der Waals surface area contributed by atoms with Gasteiger partial charge in [0.05, 0.1) is 6.54 Å². The summed E-state index contributed by atoms with van der Waals surface area (Å²) in [6.45, 7) is 4.73. The highest BCUT2D eigenvalue weighted by atomic mass is 16.5. The van der Waals surface area contributed by atoms with Crippen LogP contribution in [0.2, 0.25) is 0 Å². The third kappa shape index (κ3) is 5.08. The van der Waals surface area contributed by atoms with Crippen molar-refractivity contribution in [3.8, 4) is 23.3 Å². The third-order valence-electron chi connectivity index (χ3n) is 4.76. The minimum atomic E-state index is -0.191. The highest BCUT2D eigenvalue weighted by molar-refractivity contribution is 5.74. The van der Waals surface area contributed by atoms with Gasteiger partial charge in [0.25, 0.3) is 0 Å². The smallest absolute Gasteiger partial charge is 0.315 e. The van der Waals surface area contributed by atoms with E-state index in [1.807, 2.05) is 12.1 Å². The summed E-state index contributed by atoms with van der Waals surface area (Å²) >= 11 is 0. The summed E-state index contributed by atoms with van der Waals surface area (Å²) in [7, 11) is 0. The predicted octanol–water partition coefficient (Wildman–Crippen LogP) is 3.41. The molecule has 2 amide bonds. The minimum Gasteiger partial charge on any atom is -0.483 e. The van der Waals surface area contributed by atoms with Crippen molar-refractivity contribution in [3.05, 3.63) is 23.8 Å². The second-order valence-electron chi connectivity index (χ2n) is 7.59. The van der Waals surface area contributed by atoms with Crippen LogP contribution in [-0.2, 0) is 6.42 Å². The summed E-state index contributed by atoms with van der Waals surface area (Å²) in [5, 5.41) is 5.78. The SMILES string of the molecule is CC1(C)Cc2cccc(OCC#CCNC(=O)NC3CCCCC3)c2O1. The van der Waals surface area contributed by atoms with Crippen LogP contribution < -0.4 is 20.1 Å². The first-order valence-electron chi connectivity index (χ1n) is 9.47. The first-order valence-corrected chi connectivity index (χ1v) is 9.47. The molecular weight excluding hydrogens is 328 g/mol. The number of para-hydroxylation sites is 1. The fourth-order valence-corrected chi connectivity index (χ4v) is 3.54. The molecule has 1 heterocycles. The number of hydrogen-bond donors (Lipinski definition) is 2. The Morgan fingerprint density at radius 2 is 2.08 bits per heavy atom. The van der Waals surface area contributed by atoms with Gasteiger partial charge in [-0.3, -0.25) is 0 Å².